The summed E-state index contributed by atoms with van der Waals surface area (Å²) in [4.78, 5) is 0. The molecular weight excluding hydrogens is 198 g/mol. The van der Waals surface area contributed by atoms with Gasteiger partial charge >= 0.3 is 0 Å². The third-order valence-corrected chi connectivity index (χ3v) is 2.67. The molecule has 0 bridgehead atoms. The highest BCUT2D eigenvalue weighted by molar-refractivity contribution is 5.07. The Kier molecular flexibility index (Phi) is 4.54. The van der Waals surface area contributed by atoms with E-state index in [4.69, 9.17) is 0 Å². The molecule has 1 aromatic heterocycles. The fourth-order valence-corrected chi connectivity index (χ4v) is 1.94. The Labute approximate surface area is 99.2 Å². The van der Waals surface area contributed by atoms with Crippen molar-refractivity contribution in [2.45, 2.75) is 46.6 Å². The number of rotatable bonds is 5. The van der Waals surface area contributed by atoms with Gasteiger partial charge in [0.15, 0.2) is 0 Å². The third kappa shape index (κ3) is 3.97. The van der Waals surface area contributed by atoms with E-state index >= 15 is 0 Å². The summed E-state index contributed by atoms with van der Waals surface area (Å²) < 4.78 is 1.97. The lowest BCUT2D eigenvalue weighted by Crippen LogP contribution is -2.28. The van der Waals surface area contributed by atoms with Crippen LogP contribution in [0.4, 0.5) is 0 Å². The monoisotopic (exact) mass is 223 g/mol. The van der Waals surface area contributed by atoms with Gasteiger partial charge in [0.05, 0.1) is 5.69 Å². The Morgan fingerprint density at radius 3 is 2.56 bits per heavy atom. The maximum atomic E-state index is 4.25. The van der Waals surface area contributed by atoms with Crippen LogP contribution in [0, 0.1) is 5.41 Å². The summed E-state index contributed by atoms with van der Waals surface area (Å²) in [7, 11) is 2.01. The van der Waals surface area contributed by atoms with E-state index < -0.39 is 0 Å². The van der Waals surface area contributed by atoms with Crippen LogP contribution in [-0.4, -0.2) is 16.3 Å². The summed E-state index contributed by atoms with van der Waals surface area (Å²) in [6, 6.07) is 2.52. The second-order valence-corrected chi connectivity index (χ2v) is 5.65. The topological polar surface area (TPSA) is 29.9 Å². The van der Waals surface area contributed by atoms with Crippen LogP contribution in [0.3, 0.4) is 0 Å². The van der Waals surface area contributed by atoms with Gasteiger partial charge in [-0.2, -0.15) is 5.10 Å². The van der Waals surface area contributed by atoms with Gasteiger partial charge < -0.3 is 5.32 Å². The van der Waals surface area contributed by atoms with Crippen LogP contribution in [0.1, 0.15) is 52.3 Å². The fraction of sp³-hybridized carbons (Fsp3) is 0.769. The minimum Gasteiger partial charge on any atom is -0.309 e. The van der Waals surface area contributed by atoms with Crippen molar-refractivity contribution in [3.05, 3.63) is 18.0 Å². The van der Waals surface area contributed by atoms with Gasteiger partial charge in [-0.05, 0) is 30.9 Å². The molecule has 0 saturated carbocycles. The smallest absolute Gasteiger partial charge is 0.0550 e. The first kappa shape index (κ1) is 13.2. The number of aromatic nitrogens is 2. The van der Waals surface area contributed by atoms with E-state index in [1.54, 1.807) is 0 Å². The molecule has 16 heavy (non-hydrogen) atoms. The molecule has 0 saturated heterocycles. The zero-order valence-corrected chi connectivity index (χ0v) is 11.2. The van der Waals surface area contributed by atoms with Crippen LogP contribution in [0.25, 0.3) is 0 Å². The maximum Gasteiger partial charge on any atom is 0.0550 e. The molecule has 1 N–H and O–H groups in total. The van der Waals surface area contributed by atoms with E-state index in [2.05, 4.69) is 44.2 Å². The van der Waals surface area contributed by atoms with Crippen molar-refractivity contribution in [2.24, 2.45) is 12.5 Å². The highest BCUT2D eigenvalue weighted by Crippen LogP contribution is 2.28. The molecule has 92 valence electrons. The standard InChI is InChI=1S/C13H25N3/c1-6-8-14-11(10-13(2,3)4)12-7-9-15-16(12)5/h7,9,11,14H,6,8,10H2,1-5H3. The van der Waals surface area contributed by atoms with Crippen molar-refractivity contribution in [2.75, 3.05) is 6.54 Å². The first-order chi connectivity index (χ1) is 7.44. The Morgan fingerprint density at radius 1 is 1.44 bits per heavy atom. The van der Waals surface area contributed by atoms with Crippen molar-refractivity contribution < 1.29 is 0 Å². The Hall–Kier alpha value is -0.830. The van der Waals surface area contributed by atoms with E-state index in [0.29, 0.717) is 11.5 Å². The molecule has 3 heteroatoms. The third-order valence-electron chi connectivity index (χ3n) is 2.67. The summed E-state index contributed by atoms with van der Waals surface area (Å²) in [6.45, 7) is 10.1. The Bertz CT molecular complexity index is 309. The molecule has 0 aliphatic rings. The van der Waals surface area contributed by atoms with Gasteiger partial charge in [0.2, 0.25) is 0 Å². The Balaban J connectivity index is 2.75. The van der Waals surface area contributed by atoms with E-state index in [1.807, 2.05) is 17.9 Å². The molecular formula is C13H25N3. The van der Waals surface area contributed by atoms with Crippen molar-refractivity contribution in [1.82, 2.24) is 15.1 Å². The van der Waals surface area contributed by atoms with Gasteiger partial charge in [0.25, 0.3) is 0 Å². The van der Waals surface area contributed by atoms with E-state index in [0.717, 1.165) is 13.0 Å². The lowest BCUT2D eigenvalue weighted by atomic mass is 9.87. The van der Waals surface area contributed by atoms with Gasteiger partial charge in [-0.15, -0.1) is 0 Å². The second-order valence-electron chi connectivity index (χ2n) is 5.65. The first-order valence-electron chi connectivity index (χ1n) is 6.15. The quantitative estimate of drug-likeness (QED) is 0.832. The first-order valence-corrected chi connectivity index (χ1v) is 6.15. The molecule has 0 spiro atoms. The minimum atomic E-state index is 0.329. The summed E-state index contributed by atoms with van der Waals surface area (Å²) in [5.41, 5.74) is 1.61. The van der Waals surface area contributed by atoms with Crippen molar-refractivity contribution in [3.8, 4) is 0 Å². The average molecular weight is 223 g/mol. The van der Waals surface area contributed by atoms with Crippen LogP contribution < -0.4 is 5.32 Å². The zero-order chi connectivity index (χ0) is 12.2. The lowest BCUT2D eigenvalue weighted by Gasteiger charge is -2.27. The molecule has 0 fully saturated rings. The minimum absolute atomic E-state index is 0.329. The highest BCUT2D eigenvalue weighted by atomic mass is 15.3. The number of aryl methyl sites for hydroxylation is 1. The normalized spacial score (nSPS) is 14.1. The largest absolute Gasteiger partial charge is 0.309 e. The molecule has 0 aromatic carbocycles. The molecule has 1 unspecified atom stereocenters. The average Bonchev–Trinajstić information content (AvgIpc) is 2.57. The van der Waals surface area contributed by atoms with Crippen molar-refractivity contribution in [1.29, 1.82) is 0 Å². The van der Waals surface area contributed by atoms with Crippen LogP contribution in [0.15, 0.2) is 12.3 Å². The van der Waals surface area contributed by atoms with Gasteiger partial charge in [-0.1, -0.05) is 27.7 Å². The van der Waals surface area contributed by atoms with Crippen LogP contribution in [-0.2, 0) is 7.05 Å². The number of nitrogens with zero attached hydrogens (tertiary/aromatic N) is 2. The van der Waals surface area contributed by atoms with E-state index in [1.165, 1.54) is 12.1 Å². The van der Waals surface area contributed by atoms with Gasteiger partial charge in [0.1, 0.15) is 0 Å². The van der Waals surface area contributed by atoms with E-state index in [-0.39, 0.29) is 0 Å². The van der Waals surface area contributed by atoms with Crippen molar-refractivity contribution in [3.63, 3.8) is 0 Å². The lowest BCUT2D eigenvalue weighted by molar-refractivity contribution is 0.303. The highest BCUT2D eigenvalue weighted by Gasteiger charge is 2.21. The molecule has 0 aliphatic heterocycles. The number of hydrogen-bond acceptors (Lipinski definition) is 2. The zero-order valence-electron chi connectivity index (χ0n) is 11.2. The SMILES string of the molecule is CCCNC(CC(C)(C)C)c1ccnn1C. The van der Waals surface area contributed by atoms with Crippen LogP contribution >= 0.6 is 0 Å². The predicted molar refractivity (Wildman–Crippen MR) is 68.3 cm³/mol. The van der Waals surface area contributed by atoms with E-state index in [9.17, 15) is 0 Å². The molecule has 1 rings (SSSR count). The Morgan fingerprint density at radius 2 is 2.12 bits per heavy atom. The molecule has 1 heterocycles. The maximum absolute atomic E-state index is 4.25. The predicted octanol–water partition coefficient (Wildman–Crippen LogP) is 2.90. The molecule has 3 nitrogen and oxygen atoms in total. The number of hydrogen-bond donors (Lipinski definition) is 1. The second kappa shape index (κ2) is 5.48. The molecule has 0 amide bonds. The van der Waals surface area contributed by atoms with Gasteiger partial charge in [-0.3, -0.25) is 4.68 Å². The summed E-state index contributed by atoms with van der Waals surface area (Å²) in [5, 5.41) is 7.86. The van der Waals surface area contributed by atoms with Crippen LogP contribution in [0.5, 0.6) is 0 Å². The summed E-state index contributed by atoms with van der Waals surface area (Å²) in [5.74, 6) is 0. The molecule has 1 aromatic rings. The molecule has 0 radical (unpaired) electrons. The van der Waals surface area contributed by atoms with Gasteiger partial charge in [0, 0.05) is 19.3 Å². The van der Waals surface area contributed by atoms with Crippen molar-refractivity contribution >= 4 is 0 Å². The summed E-state index contributed by atoms with van der Waals surface area (Å²) in [6.07, 6.45) is 4.17. The summed E-state index contributed by atoms with van der Waals surface area (Å²) >= 11 is 0. The van der Waals surface area contributed by atoms with Gasteiger partial charge in [-0.25, -0.2) is 0 Å². The molecule has 1 atom stereocenters. The molecule has 0 aliphatic carbocycles. The van der Waals surface area contributed by atoms with Crippen LogP contribution in [0.2, 0.25) is 0 Å². The number of nitrogens with one attached hydrogen (secondary N) is 1. The fourth-order valence-electron chi connectivity index (χ4n) is 1.94.